The van der Waals surface area contributed by atoms with Gasteiger partial charge in [-0.15, -0.1) is 0 Å². The molecule has 0 radical (unpaired) electrons. The maximum absolute atomic E-state index is 12.4. The van der Waals surface area contributed by atoms with Crippen LogP contribution in [-0.4, -0.2) is 26.1 Å². The molecule has 2 aromatic carbocycles. The highest BCUT2D eigenvalue weighted by atomic mass is 16.1. The molecule has 0 aliphatic rings. The third kappa shape index (κ3) is 4.12. The summed E-state index contributed by atoms with van der Waals surface area (Å²) in [4.78, 5) is 21.1. The molecule has 6 nitrogen and oxygen atoms in total. The number of pyridine rings is 1. The molecule has 0 aliphatic carbocycles. The van der Waals surface area contributed by atoms with Crippen molar-refractivity contribution in [3.63, 3.8) is 0 Å². The normalized spacial score (nSPS) is 10.6. The van der Waals surface area contributed by atoms with Gasteiger partial charge in [0.25, 0.3) is 0 Å². The van der Waals surface area contributed by atoms with Gasteiger partial charge in [0, 0.05) is 29.9 Å². The monoisotopic (exact) mass is 369 g/mol. The van der Waals surface area contributed by atoms with E-state index < -0.39 is 0 Å². The molecule has 0 atom stereocenters. The van der Waals surface area contributed by atoms with Crippen LogP contribution in [0.5, 0.6) is 0 Å². The molecule has 2 heterocycles. The number of nitrogens with zero attached hydrogens (tertiary/aromatic N) is 3. The lowest BCUT2D eigenvalue weighted by Gasteiger charge is -2.09. The van der Waals surface area contributed by atoms with Crippen molar-refractivity contribution in [1.29, 1.82) is 0 Å². The molecule has 0 fully saturated rings. The number of nitrogens with one attached hydrogen (secondary N) is 2. The topological polar surface area (TPSA) is 83.6 Å². The van der Waals surface area contributed by atoms with Crippen molar-refractivity contribution in [2.75, 3.05) is 5.32 Å². The summed E-state index contributed by atoms with van der Waals surface area (Å²) in [6, 6.07) is 21.2. The van der Waals surface area contributed by atoms with E-state index in [0.29, 0.717) is 30.2 Å². The molecular formula is C22H19N5O. The largest absolute Gasteiger partial charge is 0.325 e. The van der Waals surface area contributed by atoms with Crippen LogP contribution in [-0.2, 0) is 11.2 Å². The third-order valence-corrected chi connectivity index (χ3v) is 4.34. The maximum Gasteiger partial charge on any atom is 0.224 e. The van der Waals surface area contributed by atoms with Gasteiger partial charge in [0.2, 0.25) is 5.91 Å². The number of aromatic amines is 1. The van der Waals surface area contributed by atoms with Gasteiger partial charge in [-0.1, -0.05) is 48.5 Å². The zero-order valence-corrected chi connectivity index (χ0v) is 15.2. The van der Waals surface area contributed by atoms with Gasteiger partial charge < -0.3 is 5.32 Å². The third-order valence-electron chi connectivity index (χ3n) is 4.34. The lowest BCUT2D eigenvalue weighted by Crippen LogP contribution is -2.13. The number of hydrogen-bond donors (Lipinski definition) is 2. The Hall–Kier alpha value is -3.80. The number of aryl methyl sites for hydroxylation is 1. The zero-order chi connectivity index (χ0) is 19.2. The first kappa shape index (κ1) is 17.6. The van der Waals surface area contributed by atoms with E-state index in [0.717, 1.165) is 16.7 Å². The first-order valence-electron chi connectivity index (χ1n) is 9.05. The first-order valence-corrected chi connectivity index (χ1v) is 9.05. The van der Waals surface area contributed by atoms with Crippen LogP contribution in [0.25, 0.3) is 22.8 Å². The Balaban J connectivity index is 1.50. The van der Waals surface area contributed by atoms with Gasteiger partial charge in [-0.25, -0.2) is 4.98 Å². The van der Waals surface area contributed by atoms with Crippen molar-refractivity contribution in [2.45, 2.75) is 12.8 Å². The second-order valence-electron chi connectivity index (χ2n) is 6.33. The number of amides is 1. The van der Waals surface area contributed by atoms with Crippen LogP contribution in [0.2, 0.25) is 0 Å². The fourth-order valence-electron chi connectivity index (χ4n) is 2.91. The van der Waals surface area contributed by atoms with Crippen LogP contribution in [0.3, 0.4) is 0 Å². The average Bonchev–Trinajstić information content (AvgIpc) is 3.24. The Labute approximate surface area is 162 Å². The summed E-state index contributed by atoms with van der Waals surface area (Å²) in [6.07, 6.45) is 4.52. The van der Waals surface area contributed by atoms with Crippen molar-refractivity contribution in [2.24, 2.45) is 0 Å². The number of carbonyl (C=O) groups is 1. The summed E-state index contributed by atoms with van der Waals surface area (Å²) in [5, 5.41) is 10.3. The molecule has 0 saturated carbocycles. The first-order chi connectivity index (χ1) is 13.8. The number of carbonyl (C=O) groups excluding carboxylic acids is 1. The Kier molecular flexibility index (Phi) is 5.20. The van der Waals surface area contributed by atoms with E-state index >= 15 is 0 Å². The minimum atomic E-state index is -0.0564. The highest BCUT2D eigenvalue weighted by molar-refractivity contribution is 5.94. The van der Waals surface area contributed by atoms with Crippen LogP contribution in [0.4, 0.5) is 5.69 Å². The maximum atomic E-state index is 12.4. The number of para-hydroxylation sites is 1. The number of anilines is 1. The molecule has 0 bridgehead atoms. The molecule has 4 aromatic rings. The van der Waals surface area contributed by atoms with Crippen LogP contribution >= 0.6 is 0 Å². The standard InChI is InChI=1S/C22H19N5O/c28-20(13-12-16-7-6-14-23-15-16)24-19-11-5-4-10-18(19)22-25-21(26-27-22)17-8-2-1-3-9-17/h1-11,14-15H,12-13H2,(H,24,28)(H,25,26,27). The second-order valence-corrected chi connectivity index (χ2v) is 6.33. The summed E-state index contributed by atoms with van der Waals surface area (Å²) in [6.45, 7) is 0. The molecule has 0 spiro atoms. The smallest absolute Gasteiger partial charge is 0.224 e. The molecule has 2 N–H and O–H groups in total. The van der Waals surface area contributed by atoms with Gasteiger partial charge >= 0.3 is 0 Å². The van der Waals surface area contributed by atoms with Crippen molar-refractivity contribution >= 4 is 11.6 Å². The zero-order valence-electron chi connectivity index (χ0n) is 15.2. The van der Waals surface area contributed by atoms with E-state index in [1.54, 1.807) is 12.4 Å². The molecule has 1 amide bonds. The molecule has 0 saturated heterocycles. The van der Waals surface area contributed by atoms with E-state index in [2.05, 4.69) is 25.5 Å². The molecule has 6 heteroatoms. The summed E-state index contributed by atoms with van der Waals surface area (Å²) in [5.74, 6) is 1.18. The predicted octanol–water partition coefficient (Wildman–Crippen LogP) is 4.11. The van der Waals surface area contributed by atoms with Gasteiger partial charge in [-0.2, -0.15) is 5.10 Å². The number of rotatable bonds is 6. The van der Waals surface area contributed by atoms with Crippen molar-refractivity contribution in [3.8, 4) is 22.8 Å². The predicted molar refractivity (Wildman–Crippen MR) is 108 cm³/mol. The number of aromatic nitrogens is 4. The highest BCUT2D eigenvalue weighted by Gasteiger charge is 2.13. The van der Waals surface area contributed by atoms with E-state index in [1.807, 2.05) is 66.7 Å². The Morgan fingerprint density at radius 1 is 0.964 bits per heavy atom. The summed E-state index contributed by atoms with van der Waals surface area (Å²) < 4.78 is 0. The van der Waals surface area contributed by atoms with Gasteiger partial charge in [0.15, 0.2) is 11.6 Å². The lowest BCUT2D eigenvalue weighted by molar-refractivity contribution is -0.116. The van der Waals surface area contributed by atoms with E-state index in [4.69, 9.17) is 0 Å². The van der Waals surface area contributed by atoms with Crippen molar-refractivity contribution in [1.82, 2.24) is 20.2 Å². The minimum absolute atomic E-state index is 0.0564. The van der Waals surface area contributed by atoms with Gasteiger partial charge in [-0.05, 0) is 30.2 Å². The molecule has 28 heavy (non-hydrogen) atoms. The van der Waals surface area contributed by atoms with Gasteiger partial charge in [-0.3, -0.25) is 14.9 Å². The summed E-state index contributed by atoms with van der Waals surface area (Å²) in [7, 11) is 0. The molecular weight excluding hydrogens is 350 g/mol. The van der Waals surface area contributed by atoms with Crippen LogP contribution in [0.1, 0.15) is 12.0 Å². The van der Waals surface area contributed by atoms with Gasteiger partial charge in [0.1, 0.15) is 0 Å². The van der Waals surface area contributed by atoms with Crippen molar-refractivity contribution in [3.05, 3.63) is 84.7 Å². The average molecular weight is 369 g/mol. The Bertz CT molecular complexity index is 1060. The fourth-order valence-corrected chi connectivity index (χ4v) is 2.91. The molecule has 138 valence electrons. The van der Waals surface area contributed by atoms with E-state index in [-0.39, 0.29) is 5.91 Å². The van der Waals surface area contributed by atoms with E-state index in [1.165, 1.54) is 0 Å². The lowest BCUT2D eigenvalue weighted by atomic mass is 10.1. The number of hydrogen-bond acceptors (Lipinski definition) is 4. The summed E-state index contributed by atoms with van der Waals surface area (Å²) >= 11 is 0. The van der Waals surface area contributed by atoms with Crippen LogP contribution < -0.4 is 5.32 Å². The van der Waals surface area contributed by atoms with Gasteiger partial charge in [0.05, 0.1) is 5.69 Å². The number of H-pyrrole nitrogens is 1. The SMILES string of the molecule is O=C(CCc1cccnc1)Nc1ccccc1-c1nc(-c2ccccc2)n[nH]1. The summed E-state index contributed by atoms with van der Waals surface area (Å²) in [5.41, 5.74) is 3.47. The second kappa shape index (κ2) is 8.26. The van der Waals surface area contributed by atoms with E-state index in [9.17, 15) is 4.79 Å². The molecule has 4 rings (SSSR count). The molecule has 0 unspecified atom stereocenters. The van der Waals surface area contributed by atoms with Crippen LogP contribution in [0.15, 0.2) is 79.1 Å². The van der Waals surface area contributed by atoms with Crippen molar-refractivity contribution < 1.29 is 4.79 Å². The quantitative estimate of drug-likeness (QED) is 0.536. The molecule has 0 aliphatic heterocycles. The fraction of sp³-hybridized carbons (Fsp3) is 0.0909. The Morgan fingerprint density at radius 2 is 1.79 bits per heavy atom. The number of benzene rings is 2. The highest BCUT2D eigenvalue weighted by Crippen LogP contribution is 2.26. The van der Waals surface area contributed by atoms with Crippen LogP contribution in [0, 0.1) is 0 Å². The Morgan fingerprint density at radius 3 is 2.61 bits per heavy atom. The molecule has 2 aromatic heterocycles. The minimum Gasteiger partial charge on any atom is -0.325 e.